The van der Waals surface area contributed by atoms with Gasteiger partial charge >= 0.3 is 0 Å². The average Bonchev–Trinajstić information content (AvgIpc) is 3.48. The van der Waals surface area contributed by atoms with Crippen molar-refractivity contribution >= 4 is 33.8 Å². The molecule has 8 nitrogen and oxygen atoms in total. The van der Waals surface area contributed by atoms with Gasteiger partial charge in [0.2, 0.25) is 0 Å². The van der Waals surface area contributed by atoms with E-state index < -0.39 is 5.91 Å². The van der Waals surface area contributed by atoms with Crippen molar-refractivity contribution in [3.63, 3.8) is 0 Å². The Morgan fingerprint density at radius 1 is 1.09 bits per heavy atom. The zero-order valence-electron chi connectivity index (χ0n) is 17.0. The number of H-pyrrole nitrogens is 1. The molecule has 0 aliphatic rings. The maximum Gasteiger partial charge on any atom is 0.267 e. The second-order valence-electron chi connectivity index (χ2n) is 7.47. The van der Waals surface area contributed by atoms with E-state index in [4.69, 9.17) is 10.2 Å². The summed E-state index contributed by atoms with van der Waals surface area (Å²) in [5, 5.41) is 19.4. The van der Waals surface area contributed by atoms with Crippen LogP contribution in [0.4, 0.5) is 0 Å². The fourth-order valence-corrected chi connectivity index (χ4v) is 3.75. The third kappa shape index (κ3) is 3.99. The Morgan fingerprint density at radius 3 is 2.75 bits per heavy atom. The molecule has 1 unspecified atom stereocenters. The quantitative estimate of drug-likeness (QED) is 0.219. The van der Waals surface area contributed by atoms with Crippen LogP contribution in [0.3, 0.4) is 0 Å². The Bertz CT molecular complexity index is 1400. The molecule has 1 atom stereocenters. The van der Waals surface area contributed by atoms with Gasteiger partial charge in [0.25, 0.3) is 5.91 Å². The van der Waals surface area contributed by atoms with Crippen LogP contribution < -0.4 is 5.48 Å². The normalized spacial score (nSPS) is 12.5. The third-order valence-corrected chi connectivity index (χ3v) is 5.33. The number of para-hydroxylation sites is 2. The van der Waals surface area contributed by atoms with Crippen molar-refractivity contribution in [2.75, 3.05) is 0 Å². The maximum absolute atomic E-state index is 11.3. The molecule has 1 amide bonds. The molecule has 8 heteroatoms. The highest BCUT2D eigenvalue weighted by Gasteiger charge is 2.20. The first-order chi connectivity index (χ1) is 15.7. The molecule has 0 fully saturated rings. The molecule has 0 bridgehead atoms. The van der Waals surface area contributed by atoms with Gasteiger partial charge in [-0.1, -0.05) is 59.8 Å². The monoisotopic (exact) mass is 424 g/mol. The maximum atomic E-state index is 11.3. The number of carbonyl (C=O) groups excluding carboxylic acids is 1. The number of carbonyl (C=O) groups is 1. The first-order valence-electron chi connectivity index (χ1n) is 10.2. The van der Waals surface area contributed by atoms with Crippen molar-refractivity contribution in [1.82, 2.24) is 30.4 Å². The summed E-state index contributed by atoms with van der Waals surface area (Å²) in [6, 6.07) is 22.3. The highest BCUT2D eigenvalue weighted by Crippen LogP contribution is 2.25. The van der Waals surface area contributed by atoms with Crippen molar-refractivity contribution in [2.45, 2.75) is 12.5 Å². The second kappa shape index (κ2) is 8.44. The van der Waals surface area contributed by atoms with Crippen LogP contribution in [-0.4, -0.2) is 36.1 Å². The molecule has 0 spiro atoms. The Hall–Kier alpha value is -4.30. The standard InChI is InChI=1S/C24H20N6O2/c31-23(28-32)12-11-19-15-30(29-27-19)22(24-25-20-7-3-4-8-21(20)26-24)14-16-9-10-17-5-1-2-6-18(17)13-16/h1-13,15,22,32H,14H2,(H,25,26)(H,28,31). The zero-order valence-corrected chi connectivity index (χ0v) is 17.0. The van der Waals surface area contributed by atoms with E-state index in [1.807, 2.05) is 36.4 Å². The molecule has 5 rings (SSSR count). The molecule has 0 radical (unpaired) electrons. The summed E-state index contributed by atoms with van der Waals surface area (Å²) in [6.45, 7) is 0. The van der Waals surface area contributed by atoms with E-state index >= 15 is 0 Å². The number of amides is 1. The van der Waals surface area contributed by atoms with Crippen molar-refractivity contribution in [2.24, 2.45) is 0 Å². The Labute approximate surface area is 183 Å². The molecule has 5 aromatic rings. The van der Waals surface area contributed by atoms with Crippen molar-refractivity contribution in [1.29, 1.82) is 0 Å². The highest BCUT2D eigenvalue weighted by atomic mass is 16.5. The number of hydrogen-bond donors (Lipinski definition) is 3. The summed E-state index contributed by atoms with van der Waals surface area (Å²) in [7, 11) is 0. The minimum absolute atomic E-state index is 0.232. The first-order valence-corrected chi connectivity index (χ1v) is 10.2. The predicted molar refractivity (Wildman–Crippen MR) is 121 cm³/mol. The molecule has 2 heterocycles. The summed E-state index contributed by atoms with van der Waals surface area (Å²) < 4.78 is 1.74. The van der Waals surface area contributed by atoms with Crippen LogP contribution in [0.15, 0.2) is 79.0 Å². The Morgan fingerprint density at radius 2 is 1.91 bits per heavy atom. The molecule has 0 saturated carbocycles. The summed E-state index contributed by atoms with van der Waals surface area (Å²) in [4.78, 5) is 19.5. The van der Waals surface area contributed by atoms with Gasteiger partial charge in [0.05, 0.1) is 17.2 Å². The minimum Gasteiger partial charge on any atom is -0.340 e. The third-order valence-electron chi connectivity index (χ3n) is 5.33. The van der Waals surface area contributed by atoms with E-state index in [2.05, 4.69) is 45.6 Å². The lowest BCUT2D eigenvalue weighted by Crippen LogP contribution is -2.16. The number of benzene rings is 3. The number of hydroxylamine groups is 1. The predicted octanol–water partition coefficient (Wildman–Crippen LogP) is 3.66. The van der Waals surface area contributed by atoms with Gasteiger partial charge in [-0.15, -0.1) is 5.10 Å². The van der Waals surface area contributed by atoms with Crippen molar-refractivity contribution in [3.05, 3.63) is 96.1 Å². The zero-order chi connectivity index (χ0) is 21.9. The molecule has 0 aliphatic carbocycles. The summed E-state index contributed by atoms with van der Waals surface area (Å²) in [5.74, 6) is 0.137. The van der Waals surface area contributed by atoms with Crippen LogP contribution in [0.25, 0.3) is 27.9 Å². The van der Waals surface area contributed by atoms with Crippen LogP contribution in [0.2, 0.25) is 0 Å². The Balaban J connectivity index is 1.53. The molecule has 0 saturated heterocycles. The number of fused-ring (bicyclic) bond motifs is 2. The second-order valence-corrected chi connectivity index (χ2v) is 7.47. The molecule has 3 aromatic carbocycles. The summed E-state index contributed by atoms with van der Waals surface area (Å²) >= 11 is 0. The largest absolute Gasteiger partial charge is 0.340 e. The highest BCUT2D eigenvalue weighted by molar-refractivity contribution is 5.90. The van der Waals surface area contributed by atoms with E-state index in [9.17, 15) is 4.79 Å². The van der Waals surface area contributed by atoms with Gasteiger partial charge in [-0.05, 0) is 34.5 Å². The number of aromatic nitrogens is 5. The number of hydrogen-bond acceptors (Lipinski definition) is 5. The number of aromatic amines is 1. The molecular formula is C24H20N6O2. The summed E-state index contributed by atoms with van der Waals surface area (Å²) in [5.41, 5.74) is 5.02. The van der Waals surface area contributed by atoms with Crippen LogP contribution in [0.5, 0.6) is 0 Å². The molecular weight excluding hydrogens is 404 g/mol. The van der Waals surface area contributed by atoms with E-state index in [-0.39, 0.29) is 6.04 Å². The fraction of sp³-hybridized carbons (Fsp3) is 0.0833. The number of nitrogens with zero attached hydrogens (tertiary/aromatic N) is 4. The smallest absolute Gasteiger partial charge is 0.267 e. The number of rotatable bonds is 6. The lowest BCUT2D eigenvalue weighted by molar-refractivity contribution is -0.124. The number of nitrogens with one attached hydrogen (secondary N) is 2. The van der Waals surface area contributed by atoms with Gasteiger partial charge in [-0.2, -0.15) is 0 Å². The first kappa shape index (κ1) is 19.7. The lowest BCUT2D eigenvalue weighted by Gasteiger charge is -2.15. The number of imidazole rings is 1. The molecule has 32 heavy (non-hydrogen) atoms. The Kier molecular flexibility index (Phi) is 5.19. The minimum atomic E-state index is -0.635. The SMILES string of the molecule is O=C(C=Cc1cn(C(Cc2ccc3ccccc3c2)c2nc3ccccc3[nH]2)nn1)NO. The molecule has 2 aromatic heterocycles. The van der Waals surface area contributed by atoms with Gasteiger partial charge in [-0.25, -0.2) is 15.1 Å². The summed E-state index contributed by atoms with van der Waals surface area (Å²) in [6.07, 6.45) is 5.07. The van der Waals surface area contributed by atoms with Gasteiger partial charge in [0.15, 0.2) is 0 Å². The molecule has 158 valence electrons. The van der Waals surface area contributed by atoms with Crippen molar-refractivity contribution in [3.8, 4) is 0 Å². The van der Waals surface area contributed by atoms with Crippen LogP contribution in [-0.2, 0) is 11.2 Å². The van der Waals surface area contributed by atoms with Crippen LogP contribution in [0, 0.1) is 0 Å². The van der Waals surface area contributed by atoms with E-state index in [1.54, 1.807) is 16.4 Å². The van der Waals surface area contributed by atoms with E-state index in [1.165, 1.54) is 22.9 Å². The van der Waals surface area contributed by atoms with Gasteiger partial charge in [0, 0.05) is 12.5 Å². The topological polar surface area (TPSA) is 109 Å². The van der Waals surface area contributed by atoms with Gasteiger partial charge < -0.3 is 4.98 Å². The van der Waals surface area contributed by atoms with Gasteiger partial charge in [0.1, 0.15) is 17.6 Å². The molecule has 0 aliphatic heterocycles. The average molecular weight is 424 g/mol. The van der Waals surface area contributed by atoms with Crippen LogP contribution in [0.1, 0.15) is 23.1 Å². The van der Waals surface area contributed by atoms with Gasteiger partial charge in [-0.3, -0.25) is 10.0 Å². The molecule has 3 N–H and O–H groups in total. The van der Waals surface area contributed by atoms with E-state index in [0.717, 1.165) is 22.4 Å². The fourth-order valence-electron chi connectivity index (χ4n) is 3.75. The van der Waals surface area contributed by atoms with Crippen molar-refractivity contribution < 1.29 is 10.0 Å². The van der Waals surface area contributed by atoms with Crippen LogP contribution >= 0.6 is 0 Å². The lowest BCUT2D eigenvalue weighted by atomic mass is 10.0. The van der Waals surface area contributed by atoms with E-state index in [0.29, 0.717) is 12.1 Å².